The van der Waals surface area contributed by atoms with Crippen molar-refractivity contribution in [2.75, 3.05) is 20.1 Å². The van der Waals surface area contributed by atoms with Crippen LogP contribution in [0.3, 0.4) is 0 Å². The monoisotopic (exact) mass is 184 g/mol. The number of ether oxygens (including phenoxy) is 1. The van der Waals surface area contributed by atoms with Gasteiger partial charge in [0.25, 0.3) is 0 Å². The van der Waals surface area contributed by atoms with Gasteiger partial charge in [-0.15, -0.1) is 0 Å². The van der Waals surface area contributed by atoms with Crippen LogP contribution >= 0.6 is 0 Å². The van der Waals surface area contributed by atoms with Gasteiger partial charge in [0.05, 0.1) is 6.54 Å². The number of nitrogens with zero attached hydrogens (tertiary/aromatic N) is 1. The molecule has 0 saturated carbocycles. The summed E-state index contributed by atoms with van der Waals surface area (Å²) in [6, 6.07) is 0.609. The molecule has 2 unspecified atom stereocenters. The van der Waals surface area contributed by atoms with Gasteiger partial charge < -0.3 is 15.0 Å². The van der Waals surface area contributed by atoms with E-state index in [0.717, 1.165) is 6.42 Å². The van der Waals surface area contributed by atoms with Crippen LogP contribution < -0.4 is 5.32 Å². The Bertz CT molecular complexity index is 208. The summed E-state index contributed by atoms with van der Waals surface area (Å²) in [4.78, 5) is 13.1. The summed E-state index contributed by atoms with van der Waals surface area (Å²) in [5.74, 6) is 0. The molecule has 13 heavy (non-hydrogen) atoms. The molecule has 0 aromatic carbocycles. The highest BCUT2D eigenvalue weighted by Gasteiger charge is 2.29. The molecule has 2 fully saturated rings. The van der Waals surface area contributed by atoms with Crippen LogP contribution in [-0.4, -0.2) is 43.3 Å². The number of alkyl carbamates (subject to hydrolysis) is 1. The number of carbonyl (C=O) groups is 1. The van der Waals surface area contributed by atoms with Crippen molar-refractivity contribution in [1.29, 1.82) is 0 Å². The first kappa shape index (κ1) is 8.81. The van der Waals surface area contributed by atoms with Crippen LogP contribution in [-0.2, 0) is 4.74 Å². The summed E-state index contributed by atoms with van der Waals surface area (Å²) >= 11 is 0. The minimum Gasteiger partial charge on any atom is -0.444 e. The Morgan fingerprint density at radius 1 is 1.69 bits per heavy atom. The maximum atomic E-state index is 10.8. The molecule has 0 aliphatic carbocycles. The number of hydrogen-bond donors (Lipinski definition) is 1. The lowest BCUT2D eigenvalue weighted by Gasteiger charge is -2.21. The number of rotatable bonds is 2. The molecule has 4 heteroatoms. The molecular weight excluding hydrogens is 168 g/mol. The lowest BCUT2D eigenvalue weighted by molar-refractivity contribution is 0.118. The largest absolute Gasteiger partial charge is 0.444 e. The number of likely N-dealkylation sites (tertiary alicyclic amines) is 1. The third-order valence-electron chi connectivity index (χ3n) is 2.95. The van der Waals surface area contributed by atoms with Gasteiger partial charge >= 0.3 is 6.09 Å². The van der Waals surface area contributed by atoms with E-state index in [9.17, 15) is 4.79 Å². The topological polar surface area (TPSA) is 41.6 Å². The van der Waals surface area contributed by atoms with Gasteiger partial charge in [0, 0.05) is 12.5 Å². The maximum absolute atomic E-state index is 10.8. The van der Waals surface area contributed by atoms with Crippen LogP contribution in [0, 0.1) is 0 Å². The normalized spacial score (nSPS) is 34.7. The number of cyclic esters (lactones) is 1. The summed E-state index contributed by atoms with van der Waals surface area (Å²) in [7, 11) is 2.14. The number of carbonyl (C=O) groups excluding carboxylic acids is 1. The first-order valence-corrected chi connectivity index (χ1v) is 4.90. The minimum atomic E-state index is -0.259. The zero-order chi connectivity index (χ0) is 9.26. The quantitative estimate of drug-likeness (QED) is 0.682. The second-order valence-electron chi connectivity index (χ2n) is 3.92. The predicted octanol–water partition coefficient (Wildman–Crippen LogP) is 0.579. The fraction of sp³-hybridized carbons (Fsp3) is 0.889. The van der Waals surface area contributed by atoms with Gasteiger partial charge in [0.15, 0.2) is 0 Å². The Balaban J connectivity index is 1.80. The zero-order valence-electron chi connectivity index (χ0n) is 7.95. The van der Waals surface area contributed by atoms with E-state index in [2.05, 4.69) is 17.3 Å². The molecule has 1 amide bonds. The Hall–Kier alpha value is -0.770. The summed E-state index contributed by atoms with van der Waals surface area (Å²) < 4.78 is 5.09. The smallest absolute Gasteiger partial charge is 0.407 e. The fourth-order valence-electron chi connectivity index (χ4n) is 2.14. The van der Waals surface area contributed by atoms with Gasteiger partial charge in [0.2, 0.25) is 0 Å². The molecule has 74 valence electrons. The van der Waals surface area contributed by atoms with Gasteiger partial charge in [-0.2, -0.15) is 0 Å². The van der Waals surface area contributed by atoms with Gasteiger partial charge in [-0.05, 0) is 26.4 Å². The van der Waals surface area contributed by atoms with E-state index in [-0.39, 0.29) is 12.2 Å². The van der Waals surface area contributed by atoms with Crippen LogP contribution in [0.5, 0.6) is 0 Å². The number of amides is 1. The highest BCUT2D eigenvalue weighted by molar-refractivity contribution is 5.69. The van der Waals surface area contributed by atoms with Gasteiger partial charge in [-0.25, -0.2) is 4.79 Å². The van der Waals surface area contributed by atoms with Crippen LogP contribution in [0.4, 0.5) is 4.79 Å². The fourth-order valence-corrected chi connectivity index (χ4v) is 2.14. The van der Waals surface area contributed by atoms with E-state index < -0.39 is 0 Å². The van der Waals surface area contributed by atoms with E-state index in [1.165, 1.54) is 19.4 Å². The van der Waals surface area contributed by atoms with Crippen molar-refractivity contribution in [3.05, 3.63) is 0 Å². The van der Waals surface area contributed by atoms with Crippen molar-refractivity contribution in [2.24, 2.45) is 0 Å². The highest BCUT2D eigenvalue weighted by Crippen LogP contribution is 2.21. The molecule has 0 aromatic heterocycles. The molecule has 0 spiro atoms. The third kappa shape index (κ3) is 1.94. The molecular formula is C9H16N2O2. The highest BCUT2D eigenvalue weighted by atomic mass is 16.6. The third-order valence-corrected chi connectivity index (χ3v) is 2.95. The Morgan fingerprint density at radius 2 is 2.54 bits per heavy atom. The van der Waals surface area contributed by atoms with E-state index in [1.54, 1.807) is 0 Å². The van der Waals surface area contributed by atoms with Crippen molar-refractivity contribution in [1.82, 2.24) is 10.2 Å². The molecule has 0 bridgehead atoms. The maximum Gasteiger partial charge on any atom is 0.407 e. The predicted molar refractivity (Wildman–Crippen MR) is 48.5 cm³/mol. The van der Waals surface area contributed by atoms with Gasteiger partial charge in [0.1, 0.15) is 6.10 Å². The molecule has 2 atom stereocenters. The average Bonchev–Trinajstić information content (AvgIpc) is 2.64. The molecule has 2 aliphatic heterocycles. The molecule has 0 radical (unpaired) electrons. The van der Waals surface area contributed by atoms with Crippen molar-refractivity contribution >= 4 is 6.09 Å². The summed E-state index contributed by atoms with van der Waals surface area (Å²) in [5, 5.41) is 2.68. The SMILES string of the molecule is CN1CCCC1CC1CNC(=O)O1. The average molecular weight is 184 g/mol. The van der Waals surface area contributed by atoms with E-state index in [0.29, 0.717) is 12.6 Å². The first-order chi connectivity index (χ1) is 6.25. The molecule has 0 aromatic rings. The zero-order valence-corrected chi connectivity index (χ0v) is 7.95. The molecule has 2 saturated heterocycles. The van der Waals surface area contributed by atoms with E-state index in [1.807, 2.05) is 0 Å². The summed E-state index contributed by atoms with van der Waals surface area (Å²) in [5.41, 5.74) is 0. The summed E-state index contributed by atoms with van der Waals surface area (Å²) in [6.45, 7) is 1.86. The number of hydrogen-bond acceptors (Lipinski definition) is 3. The minimum absolute atomic E-state index is 0.0954. The standard InChI is InChI=1S/C9H16N2O2/c1-11-4-2-3-7(11)5-8-6-10-9(12)13-8/h7-8H,2-6H2,1H3,(H,10,12). The van der Waals surface area contributed by atoms with E-state index >= 15 is 0 Å². The van der Waals surface area contributed by atoms with Crippen LogP contribution in [0.2, 0.25) is 0 Å². The molecule has 2 heterocycles. The van der Waals surface area contributed by atoms with Crippen LogP contribution in [0.1, 0.15) is 19.3 Å². The Kier molecular flexibility index (Phi) is 2.40. The second-order valence-corrected chi connectivity index (χ2v) is 3.92. The van der Waals surface area contributed by atoms with Crippen molar-refractivity contribution in [2.45, 2.75) is 31.4 Å². The van der Waals surface area contributed by atoms with Crippen LogP contribution in [0.25, 0.3) is 0 Å². The van der Waals surface area contributed by atoms with Crippen molar-refractivity contribution < 1.29 is 9.53 Å². The lowest BCUT2D eigenvalue weighted by Crippen LogP contribution is -2.30. The van der Waals surface area contributed by atoms with Gasteiger partial charge in [-0.1, -0.05) is 0 Å². The summed E-state index contributed by atoms with van der Waals surface area (Å²) in [6.07, 6.45) is 3.33. The lowest BCUT2D eigenvalue weighted by atomic mass is 10.1. The van der Waals surface area contributed by atoms with Gasteiger partial charge in [-0.3, -0.25) is 0 Å². The van der Waals surface area contributed by atoms with Crippen molar-refractivity contribution in [3.8, 4) is 0 Å². The van der Waals surface area contributed by atoms with E-state index in [4.69, 9.17) is 4.74 Å². The molecule has 2 aliphatic rings. The van der Waals surface area contributed by atoms with Crippen LogP contribution in [0.15, 0.2) is 0 Å². The number of nitrogens with one attached hydrogen (secondary N) is 1. The molecule has 4 nitrogen and oxygen atoms in total. The molecule has 1 N–H and O–H groups in total. The second kappa shape index (κ2) is 3.54. The Morgan fingerprint density at radius 3 is 3.08 bits per heavy atom. The first-order valence-electron chi connectivity index (χ1n) is 4.90. The van der Waals surface area contributed by atoms with Crippen molar-refractivity contribution in [3.63, 3.8) is 0 Å². The molecule has 2 rings (SSSR count). The Labute approximate surface area is 78.2 Å².